The van der Waals surface area contributed by atoms with Crippen molar-refractivity contribution < 1.29 is 9.47 Å². The number of nitrogen functional groups attached to an aromatic ring is 1. The van der Waals surface area contributed by atoms with Gasteiger partial charge >= 0.3 is 0 Å². The van der Waals surface area contributed by atoms with Crippen LogP contribution in [0.2, 0.25) is 0 Å². The number of nitrogens with two attached hydrogens (primary N) is 1. The summed E-state index contributed by atoms with van der Waals surface area (Å²) < 4.78 is 12.4. The lowest BCUT2D eigenvalue weighted by Crippen LogP contribution is -2.36. The number of fused-ring (bicyclic) bond motifs is 1. The van der Waals surface area contributed by atoms with Crippen molar-refractivity contribution in [1.29, 1.82) is 0 Å². The number of anilines is 2. The normalized spacial score (nSPS) is 21.0. The minimum absolute atomic E-state index is 0.0208. The molecular weight excluding hydrogens is 364 g/mol. The van der Waals surface area contributed by atoms with Crippen LogP contribution in [-0.4, -0.2) is 53.1 Å². The molecule has 1 atom stereocenters. The molecule has 0 aromatic carbocycles. The lowest BCUT2D eigenvalue weighted by molar-refractivity contribution is 0.0126. The first-order valence-corrected chi connectivity index (χ1v) is 10.2. The second kappa shape index (κ2) is 7.06. The van der Waals surface area contributed by atoms with Gasteiger partial charge in [0.25, 0.3) is 0 Å². The molecule has 3 aromatic rings. The van der Waals surface area contributed by atoms with Gasteiger partial charge in [-0.2, -0.15) is 10.1 Å². The Bertz CT molecular complexity index is 943. The molecule has 0 bridgehead atoms. The number of nitrogens with one attached hydrogen (secondary N) is 1. The van der Waals surface area contributed by atoms with E-state index >= 15 is 0 Å². The van der Waals surface area contributed by atoms with Crippen LogP contribution in [0.15, 0.2) is 12.3 Å². The van der Waals surface area contributed by atoms with Gasteiger partial charge in [0.05, 0.1) is 47.3 Å². The molecule has 27 heavy (non-hydrogen) atoms. The summed E-state index contributed by atoms with van der Waals surface area (Å²) in [5, 5.41) is 8.30. The van der Waals surface area contributed by atoms with Crippen molar-refractivity contribution in [3.63, 3.8) is 0 Å². The van der Waals surface area contributed by atoms with E-state index in [9.17, 15) is 0 Å². The van der Waals surface area contributed by atoms with E-state index in [2.05, 4.69) is 15.1 Å². The average Bonchev–Trinajstić information content (AvgIpc) is 3.35. The average molecular weight is 386 g/mol. The molecule has 2 aliphatic rings. The Morgan fingerprint density at radius 2 is 2.07 bits per heavy atom. The zero-order valence-corrected chi connectivity index (χ0v) is 15.8. The molecule has 0 amide bonds. The molecule has 2 saturated heterocycles. The number of morpholine rings is 1. The summed E-state index contributed by atoms with van der Waals surface area (Å²) in [5.41, 5.74) is 10.3. The lowest BCUT2D eigenvalue weighted by atomic mass is 10.0. The minimum Gasteiger partial charge on any atom is -0.397 e. The van der Waals surface area contributed by atoms with Gasteiger partial charge in [-0.1, -0.05) is 11.3 Å². The Kier molecular flexibility index (Phi) is 4.42. The summed E-state index contributed by atoms with van der Waals surface area (Å²) in [6.07, 6.45) is 5.05. The Hall–Kier alpha value is -2.23. The predicted molar refractivity (Wildman–Crippen MR) is 105 cm³/mol. The number of aromatic amines is 1. The van der Waals surface area contributed by atoms with Crippen LogP contribution in [0.25, 0.3) is 21.6 Å². The number of rotatable bonds is 3. The molecule has 2 fully saturated rings. The lowest BCUT2D eigenvalue weighted by Gasteiger charge is -2.25. The first kappa shape index (κ1) is 16.9. The first-order chi connectivity index (χ1) is 13.3. The number of thiazole rings is 1. The van der Waals surface area contributed by atoms with Gasteiger partial charge in [0, 0.05) is 25.3 Å². The van der Waals surface area contributed by atoms with E-state index in [1.807, 2.05) is 6.07 Å². The minimum atomic E-state index is 0.0208. The summed E-state index contributed by atoms with van der Waals surface area (Å²) in [4.78, 5) is 11.8. The largest absolute Gasteiger partial charge is 0.397 e. The second-order valence-electron chi connectivity index (χ2n) is 6.90. The third-order valence-corrected chi connectivity index (χ3v) is 6.16. The van der Waals surface area contributed by atoms with Crippen molar-refractivity contribution in [2.75, 3.05) is 43.5 Å². The molecule has 0 aliphatic carbocycles. The standard InChI is InChI=1S/C18H22N6O2S/c19-12-9-14-17(22-18(27-14)24-4-7-25-8-5-24)21-15(12)11-10-20-23-16(11)13-3-1-2-6-26-13/h9-10,13H,1-8,19H2,(H,20,23). The molecule has 5 rings (SSSR count). The van der Waals surface area contributed by atoms with Crippen molar-refractivity contribution in [3.05, 3.63) is 18.0 Å². The van der Waals surface area contributed by atoms with Crippen LogP contribution in [0.1, 0.15) is 31.1 Å². The molecule has 0 spiro atoms. The van der Waals surface area contributed by atoms with Gasteiger partial charge in [0.15, 0.2) is 10.8 Å². The fourth-order valence-corrected chi connectivity index (χ4v) is 4.68. The molecule has 3 aromatic heterocycles. The van der Waals surface area contributed by atoms with Crippen LogP contribution >= 0.6 is 11.3 Å². The highest BCUT2D eigenvalue weighted by atomic mass is 32.1. The molecule has 142 valence electrons. The topological polar surface area (TPSA) is 102 Å². The van der Waals surface area contributed by atoms with Gasteiger partial charge in [-0.05, 0) is 25.3 Å². The number of aromatic nitrogens is 4. The molecule has 5 heterocycles. The van der Waals surface area contributed by atoms with Crippen LogP contribution in [0.4, 0.5) is 10.8 Å². The fourth-order valence-electron chi connectivity index (χ4n) is 3.67. The smallest absolute Gasteiger partial charge is 0.188 e. The molecule has 0 saturated carbocycles. The van der Waals surface area contributed by atoms with E-state index in [-0.39, 0.29) is 6.10 Å². The number of hydrogen-bond donors (Lipinski definition) is 2. The van der Waals surface area contributed by atoms with Crippen LogP contribution in [0.5, 0.6) is 0 Å². The molecule has 3 N–H and O–H groups in total. The van der Waals surface area contributed by atoms with Crippen molar-refractivity contribution in [1.82, 2.24) is 20.2 Å². The second-order valence-corrected chi connectivity index (χ2v) is 7.91. The van der Waals surface area contributed by atoms with Gasteiger partial charge in [-0.3, -0.25) is 5.10 Å². The highest BCUT2D eigenvalue weighted by molar-refractivity contribution is 7.22. The van der Waals surface area contributed by atoms with Crippen LogP contribution in [0, 0.1) is 0 Å². The van der Waals surface area contributed by atoms with E-state index in [1.165, 1.54) is 0 Å². The van der Waals surface area contributed by atoms with Gasteiger partial charge < -0.3 is 20.1 Å². The quantitative estimate of drug-likeness (QED) is 0.713. The predicted octanol–water partition coefficient (Wildman–Crippen LogP) is 2.74. The first-order valence-electron chi connectivity index (χ1n) is 9.34. The van der Waals surface area contributed by atoms with E-state index < -0.39 is 0 Å². The van der Waals surface area contributed by atoms with E-state index in [4.69, 9.17) is 25.2 Å². The van der Waals surface area contributed by atoms with Crippen LogP contribution < -0.4 is 10.6 Å². The summed E-state index contributed by atoms with van der Waals surface area (Å²) in [6.45, 7) is 3.95. The maximum absolute atomic E-state index is 6.36. The number of pyridine rings is 1. The van der Waals surface area contributed by atoms with E-state index in [1.54, 1.807) is 17.5 Å². The molecule has 2 aliphatic heterocycles. The van der Waals surface area contributed by atoms with Gasteiger partial charge in [-0.15, -0.1) is 0 Å². The SMILES string of the molecule is Nc1cc2sc(N3CCOCC3)nc2nc1-c1cn[nH]c1C1CCCCO1. The van der Waals surface area contributed by atoms with Gasteiger partial charge in [-0.25, -0.2) is 4.98 Å². The van der Waals surface area contributed by atoms with Crippen LogP contribution in [0.3, 0.4) is 0 Å². The highest BCUT2D eigenvalue weighted by Crippen LogP contribution is 2.37. The van der Waals surface area contributed by atoms with Crippen molar-refractivity contribution >= 4 is 32.5 Å². The zero-order valence-electron chi connectivity index (χ0n) is 15.0. The Labute approximate surface area is 160 Å². The molecule has 9 heteroatoms. The Morgan fingerprint density at radius 3 is 2.89 bits per heavy atom. The third kappa shape index (κ3) is 3.15. The van der Waals surface area contributed by atoms with Gasteiger partial charge in [0.2, 0.25) is 0 Å². The third-order valence-electron chi connectivity index (χ3n) is 5.11. The summed E-state index contributed by atoms with van der Waals surface area (Å²) in [6, 6.07) is 1.97. The van der Waals surface area contributed by atoms with Crippen LogP contribution in [-0.2, 0) is 9.47 Å². The molecule has 8 nitrogen and oxygen atoms in total. The van der Waals surface area contributed by atoms with Crippen molar-refractivity contribution in [3.8, 4) is 11.3 Å². The molecule has 0 radical (unpaired) electrons. The maximum Gasteiger partial charge on any atom is 0.188 e. The van der Waals surface area contributed by atoms with E-state index in [0.29, 0.717) is 5.69 Å². The summed E-state index contributed by atoms with van der Waals surface area (Å²) in [7, 11) is 0. The maximum atomic E-state index is 6.36. The summed E-state index contributed by atoms with van der Waals surface area (Å²) in [5.74, 6) is 0. The van der Waals surface area contributed by atoms with Crippen molar-refractivity contribution in [2.45, 2.75) is 25.4 Å². The Balaban J connectivity index is 1.52. The van der Waals surface area contributed by atoms with Crippen molar-refractivity contribution in [2.24, 2.45) is 0 Å². The number of nitrogens with zero attached hydrogens (tertiary/aromatic N) is 4. The number of hydrogen-bond acceptors (Lipinski definition) is 8. The number of H-pyrrole nitrogens is 1. The van der Waals surface area contributed by atoms with Gasteiger partial charge in [0.1, 0.15) is 0 Å². The number of ether oxygens (including phenoxy) is 2. The molecule has 1 unspecified atom stereocenters. The van der Waals surface area contributed by atoms with E-state index in [0.717, 1.165) is 84.6 Å². The highest BCUT2D eigenvalue weighted by Gasteiger charge is 2.24. The molecular formula is C18H22N6O2S. The fraction of sp³-hybridized carbons (Fsp3) is 0.500. The Morgan fingerprint density at radius 1 is 1.19 bits per heavy atom. The zero-order chi connectivity index (χ0) is 18.2. The monoisotopic (exact) mass is 386 g/mol. The summed E-state index contributed by atoms with van der Waals surface area (Å²) >= 11 is 1.62.